The molecule has 3 rings (SSSR count). The minimum absolute atomic E-state index is 0.128. The molecule has 0 aliphatic heterocycles. The Balaban J connectivity index is 1.61. The highest BCUT2D eigenvalue weighted by molar-refractivity contribution is 6.30. The number of allylic oxidation sites excluding steroid dienone is 1. The molecule has 0 saturated carbocycles. The van der Waals surface area contributed by atoms with E-state index in [9.17, 15) is 4.79 Å². The van der Waals surface area contributed by atoms with Gasteiger partial charge in [0.15, 0.2) is 0 Å². The number of carbonyl (C=O) groups is 1. The van der Waals surface area contributed by atoms with E-state index in [2.05, 4.69) is 5.10 Å². The highest BCUT2D eigenvalue weighted by Crippen LogP contribution is 2.19. The lowest BCUT2D eigenvalue weighted by molar-refractivity contribution is 0.103. The zero-order chi connectivity index (χ0) is 17.8. The van der Waals surface area contributed by atoms with E-state index in [1.807, 2.05) is 25.1 Å². The van der Waals surface area contributed by atoms with Crippen LogP contribution in [0.4, 0.5) is 0 Å². The Morgan fingerprint density at radius 1 is 1.32 bits per heavy atom. The van der Waals surface area contributed by atoms with E-state index < -0.39 is 0 Å². The number of benzene rings is 1. The fourth-order valence-electron chi connectivity index (χ4n) is 2.36. The molecule has 25 heavy (non-hydrogen) atoms. The molecular formula is C19H17ClN2O3. The van der Waals surface area contributed by atoms with Gasteiger partial charge in [-0.25, -0.2) is 0 Å². The summed E-state index contributed by atoms with van der Waals surface area (Å²) in [6, 6.07) is 12.5. The van der Waals surface area contributed by atoms with Crippen molar-refractivity contribution in [2.45, 2.75) is 13.5 Å². The van der Waals surface area contributed by atoms with Gasteiger partial charge in [-0.15, -0.1) is 0 Å². The Labute approximate surface area is 150 Å². The summed E-state index contributed by atoms with van der Waals surface area (Å²) >= 11 is 5.91. The Kier molecular flexibility index (Phi) is 5.05. The van der Waals surface area contributed by atoms with Gasteiger partial charge in [-0.1, -0.05) is 17.7 Å². The van der Waals surface area contributed by atoms with Crippen molar-refractivity contribution in [3.8, 4) is 5.75 Å². The van der Waals surface area contributed by atoms with Gasteiger partial charge in [0.05, 0.1) is 5.69 Å². The molecule has 0 N–H and O–H groups in total. The topological polar surface area (TPSA) is 57.3 Å². The van der Waals surface area contributed by atoms with Crippen LogP contribution in [0.2, 0.25) is 5.02 Å². The van der Waals surface area contributed by atoms with Crippen molar-refractivity contribution in [1.29, 1.82) is 0 Å². The van der Waals surface area contributed by atoms with E-state index in [0.717, 1.165) is 5.69 Å². The maximum atomic E-state index is 12.2. The lowest BCUT2D eigenvalue weighted by atomic mass is 10.2. The fourth-order valence-corrected chi connectivity index (χ4v) is 2.54. The van der Waals surface area contributed by atoms with Crippen molar-refractivity contribution in [3.63, 3.8) is 0 Å². The molecule has 0 bridgehead atoms. The molecule has 3 aromatic rings. The molecule has 0 aliphatic carbocycles. The number of hydrogen-bond donors (Lipinski definition) is 0. The maximum Gasteiger partial charge on any atom is 0.203 e. The Bertz CT molecular complexity index is 924. The lowest BCUT2D eigenvalue weighted by Gasteiger charge is -2.03. The summed E-state index contributed by atoms with van der Waals surface area (Å²) in [7, 11) is 1.74. The molecule has 0 amide bonds. The van der Waals surface area contributed by atoms with E-state index in [-0.39, 0.29) is 12.4 Å². The molecule has 2 heterocycles. The third-order valence-electron chi connectivity index (χ3n) is 3.51. The van der Waals surface area contributed by atoms with E-state index in [0.29, 0.717) is 28.0 Å². The second-order valence-corrected chi connectivity index (χ2v) is 5.98. The average Bonchev–Trinajstić information content (AvgIpc) is 3.17. The fraction of sp³-hybridized carbons (Fsp3) is 0.158. The normalized spacial score (nSPS) is 11.2. The van der Waals surface area contributed by atoms with Crippen LogP contribution in [0.1, 0.15) is 27.7 Å². The van der Waals surface area contributed by atoms with Crippen LogP contribution < -0.4 is 4.74 Å². The number of nitrogens with zero attached hydrogens (tertiary/aromatic N) is 2. The molecule has 0 atom stereocenters. The first kappa shape index (κ1) is 17.0. The van der Waals surface area contributed by atoms with Gasteiger partial charge in [-0.05, 0) is 55.5 Å². The van der Waals surface area contributed by atoms with Crippen LogP contribution in [0.5, 0.6) is 5.75 Å². The quantitative estimate of drug-likeness (QED) is 0.483. The SMILES string of the molecule is Cc1cc(C(=O)/C=C\c2ccc(COc3cccc(Cl)c3)o2)n(C)n1. The number of ketones is 1. The first-order valence-electron chi connectivity index (χ1n) is 7.71. The van der Waals surface area contributed by atoms with Gasteiger partial charge < -0.3 is 9.15 Å². The van der Waals surface area contributed by atoms with Gasteiger partial charge >= 0.3 is 0 Å². The molecule has 0 radical (unpaired) electrons. The van der Waals surface area contributed by atoms with Crippen LogP contribution in [-0.4, -0.2) is 15.6 Å². The summed E-state index contributed by atoms with van der Waals surface area (Å²) in [5.74, 6) is 1.78. The number of hydrogen-bond acceptors (Lipinski definition) is 4. The molecule has 0 unspecified atom stereocenters. The van der Waals surface area contributed by atoms with Crippen molar-refractivity contribution in [1.82, 2.24) is 9.78 Å². The van der Waals surface area contributed by atoms with E-state index >= 15 is 0 Å². The molecule has 6 heteroatoms. The summed E-state index contributed by atoms with van der Waals surface area (Å²) in [5, 5.41) is 4.78. The van der Waals surface area contributed by atoms with Crippen LogP contribution in [0.15, 0.2) is 53.0 Å². The summed E-state index contributed by atoms with van der Waals surface area (Å²) in [6.45, 7) is 2.13. The van der Waals surface area contributed by atoms with Crippen LogP contribution in [0.3, 0.4) is 0 Å². The zero-order valence-electron chi connectivity index (χ0n) is 13.9. The van der Waals surface area contributed by atoms with Gasteiger partial charge in [0.1, 0.15) is 29.6 Å². The van der Waals surface area contributed by atoms with Crippen LogP contribution in [-0.2, 0) is 13.7 Å². The van der Waals surface area contributed by atoms with Gasteiger partial charge in [0.25, 0.3) is 0 Å². The molecule has 0 saturated heterocycles. The van der Waals surface area contributed by atoms with Crippen LogP contribution >= 0.6 is 11.6 Å². The summed E-state index contributed by atoms with van der Waals surface area (Å²) in [4.78, 5) is 12.2. The first-order valence-corrected chi connectivity index (χ1v) is 8.09. The van der Waals surface area contributed by atoms with Gasteiger partial charge in [-0.3, -0.25) is 9.48 Å². The summed E-state index contributed by atoms with van der Waals surface area (Å²) < 4.78 is 12.8. The van der Waals surface area contributed by atoms with E-state index in [4.69, 9.17) is 20.8 Å². The number of ether oxygens (including phenoxy) is 1. The molecule has 2 aromatic heterocycles. The van der Waals surface area contributed by atoms with Crippen LogP contribution in [0.25, 0.3) is 6.08 Å². The van der Waals surface area contributed by atoms with E-state index in [1.165, 1.54) is 6.08 Å². The highest BCUT2D eigenvalue weighted by atomic mass is 35.5. The van der Waals surface area contributed by atoms with Crippen molar-refractivity contribution >= 4 is 23.5 Å². The first-order chi connectivity index (χ1) is 12.0. The molecule has 1 aromatic carbocycles. The Hall–Kier alpha value is -2.79. The lowest BCUT2D eigenvalue weighted by Crippen LogP contribution is -2.03. The minimum Gasteiger partial charge on any atom is -0.486 e. The number of aryl methyl sites for hydroxylation is 2. The predicted octanol–water partition coefficient (Wildman–Crippen LogP) is 4.45. The Morgan fingerprint density at radius 2 is 2.16 bits per heavy atom. The number of rotatable bonds is 6. The monoisotopic (exact) mass is 356 g/mol. The average molecular weight is 357 g/mol. The largest absolute Gasteiger partial charge is 0.486 e. The zero-order valence-corrected chi connectivity index (χ0v) is 14.7. The van der Waals surface area contributed by atoms with Gasteiger partial charge in [-0.2, -0.15) is 5.10 Å². The molecule has 0 spiro atoms. The van der Waals surface area contributed by atoms with Crippen molar-refractivity contribution in [2.75, 3.05) is 0 Å². The standard InChI is InChI=1S/C19H17ClN2O3/c1-13-10-18(22(2)21-13)19(23)9-8-15-6-7-17(25-15)12-24-16-5-3-4-14(20)11-16/h3-11H,12H2,1-2H3/b9-8-. The number of furan rings is 1. The third kappa shape index (κ3) is 4.39. The number of halogens is 1. The number of aromatic nitrogens is 2. The van der Waals surface area contributed by atoms with Crippen LogP contribution in [0, 0.1) is 6.92 Å². The number of carbonyl (C=O) groups excluding carboxylic acids is 1. The van der Waals surface area contributed by atoms with Gasteiger partial charge in [0, 0.05) is 12.1 Å². The molecule has 5 nitrogen and oxygen atoms in total. The predicted molar refractivity (Wildman–Crippen MR) is 95.8 cm³/mol. The molecular weight excluding hydrogens is 340 g/mol. The maximum absolute atomic E-state index is 12.2. The second kappa shape index (κ2) is 7.40. The van der Waals surface area contributed by atoms with E-state index in [1.54, 1.807) is 42.1 Å². The molecule has 0 aliphatic rings. The molecule has 128 valence electrons. The second-order valence-electron chi connectivity index (χ2n) is 5.54. The summed E-state index contributed by atoms with van der Waals surface area (Å²) in [6.07, 6.45) is 3.10. The Morgan fingerprint density at radius 3 is 2.88 bits per heavy atom. The minimum atomic E-state index is -0.128. The third-order valence-corrected chi connectivity index (χ3v) is 3.75. The van der Waals surface area contributed by atoms with Crippen molar-refractivity contribution < 1.29 is 13.9 Å². The van der Waals surface area contributed by atoms with Gasteiger partial charge in [0.2, 0.25) is 5.78 Å². The van der Waals surface area contributed by atoms with Crippen molar-refractivity contribution in [3.05, 3.63) is 76.5 Å². The summed E-state index contributed by atoms with van der Waals surface area (Å²) in [5.41, 5.74) is 1.34. The smallest absolute Gasteiger partial charge is 0.203 e. The highest BCUT2D eigenvalue weighted by Gasteiger charge is 2.09. The van der Waals surface area contributed by atoms with Crippen molar-refractivity contribution in [2.24, 2.45) is 7.05 Å². The molecule has 0 fully saturated rings.